The van der Waals surface area contributed by atoms with Gasteiger partial charge < -0.3 is 10.4 Å². The van der Waals surface area contributed by atoms with Crippen LogP contribution in [0.1, 0.15) is 10.5 Å². The van der Waals surface area contributed by atoms with E-state index in [1.165, 1.54) is 10.9 Å². The number of benzene rings is 1. The largest absolute Gasteiger partial charge is 0.476 e. The van der Waals surface area contributed by atoms with Crippen molar-refractivity contribution in [3.05, 3.63) is 38.7 Å². The van der Waals surface area contributed by atoms with Gasteiger partial charge in [-0.1, -0.05) is 16.8 Å². The molecule has 19 heavy (non-hydrogen) atoms. The van der Waals surface area contributed by atoms with Crippen molar-refractivity contribution < 1.29 is 9.90 Å². The molecule has 0 bridgehead atoms. The van der Waals surface area contributed by atoms with Crippen LogP contribution < -0.4 is 5.32 Å². The Morgan fingerprint density at radius 2 is 2.32 bits per heavy atom. The van der Waals surface area contributed by atoms with E-state index < -0.39 is 5.97 Å². The molecule has 2 N–H and O–H groups in total. The second kappa shape index (κ2) is 6.20. The number of carboxylic acid groups (broad SMARTS) is 1. The quantitative estimate of drug-likeness (QED) is 0.764. The third-order valence-corrected chi connectivity index (χ3v) is 3.33. The zero-order valence-corrected chi connectivity index (χ0v) is 12.6. The molecule has 1 aromatic carbocycles. The van der Waals surface area contributed by atoms with Gasteiger partial charge in [-0.15, -0.1) is 5.10 Å². The molecule has 0 amide bonds. The smallest absolute Gasteiger partial charge is 0.358 e. The fraction of sp³-hybridized carbons (Fsp3) is 0.182. The third-order valence-electron chi connectivity index (χ3n) is 2.35. The highest BCUT2D eigenvalue weighted by Gasteiger charge is 2.07. The van der Waals surface area contributed by atoms with Crippen LogP contribution in [0.5, 0.6) is 0 Å². The zero-order valence-electron chi connectivity index (χ0n) is 9.68. The lowest BCUT2D eigenvalue weighted by Gasteiger charge is -2.08. The first-order valence-electron chi connectivity index (χ1n) is 5.38. The Balaban J connectivity index is 1.90. The number of nitrogens with one attached hydrogen (secondary N) is 1. The van der Waals surface area contributed by atoms with E-state index in [0.29, 0.717) is 18.1 Å². The molecule has 0 unspecified atom stereocenters. The van der Waals surface area contributed by atoms with Crippen molar-refractivity contribution in [1.29, 1.82) is 0 Å². The number of anilines is 1. The van der Waals surface area contributed by atoms with Gasteiger partial charge in [0, 0.05) is 10.1 Å². The van der Waals surface area contributed by atoms with Gasteiger partial charge in [0.25, 0.3) is 0 Å². The molecule has 0 aliphatic heterocycles. The highest BCUT2D eigenvalue weighted by atomic mass is 127. The molecule has 100 valence electrons. The fourth-order valence-electron chi connectivity index (χ4n) is 1.44. The van der Waals surface area contributed by atoms with Crippen LogP contribution in [0.25, 0.3) is 0 Å². The predicted octanol–water partition coefficient (Wildman–Crippen LogP) is 2.35. The molecule has 1 heterocycles. The maximum atomic E-state index is 10.6. The second-order valence-corrected chi connectivity index (χ2v) is 5.38. The number of halogens is 2. The summed E-state index contributed by atoms with van der Waals surface area (Å²) in [5, 5.41) is 19.8. The van der Waals surface area contributed by atoms with Gasteiger partial charge in [0.1, 0.15) is 0 Å². The minimum absolute atomic E-state index is 0.0627. The molecule has 0 saturated carbocycles. The Morgan fingerprint density at radius 1 is 1.53 bits per heavy atom. The van der Waals surface area contributed by atoms with Crippen molar-refractivity contribution >= 4 is 45.8 Å². The van der Waals surface area contributed by atoms with Crippen LogP contribution in [-0.2, 0) is 6.54 Å². The minimum Gasteiger partial charge on any atom is -0.476 e. The first-order chi connectivity index (χ1) is 9.06. The van der Waals surface area contributed by atoms with Crippen LogP contribution >= 0.6 is 34.2 Å². The average Bonchev–Trinajstić information content (AvgIpc) is 2.81. The van der Waals surface area contributed by atoms with E-state index in [1.54, 1.807) is 0 Å². The normalized spacial score (nSPS) is 10.4. The van der Waals surface area contributed by atoms with Crippen LogP contribution in [-0.4, -0.2) is 32.6 Å². The number of carboxylic acids is 1. The van der Waals surface area contributed by atoms with E-state index in [4.69, 9.17) is 16.7 Å². The van der Waals surface area contributed by atoms with E-state index in [1.807, 2.05) is 18.2 Å². The minimum atomic E-state index is -1.08. The molecule has 0 fully saturated rings. The van der Waals surface area contributed by atoms with E-state index >= 15 is 0 Å². The summed E-state index contributed by atoms with van der Waals surface area (Å²) in [6.07, 6.45) is 1.39. The maximum absolute atomic E-state index is 10.6. The SMILES string of the molecule is O=C(O)c1cn(CCNc2ccc(I)cc2Cl)nn1. The van der Waals surface area contributed by atoms with Gasteiger partial charge in [0.2, 0.25) is 0 Å². The lowest BCUT2D eigenvalue weighted by molar-refractivity contribution is 0.0690. The lowest BCUT2D eigenvalue weighted by Crippen LogP contribution is -2.11. The summed E-state index contributed by atoms with van der Waals surface area (Å²) in [7, 11) is 0. The Labute approximate surface area is 127 Å². The lowest BCUT2D eigenvalue weighted by atomic mass is 10.3. The first kappa shape index (κ1) is 14.1. The van der Waals surface area contributed by atoms with Crippen molar-refractivity contribution in [3.8, 4) is 0 Å². The molecule has 0 saturated heterocycles. The van der Waals surface area contributed by atoms with Crippen LogP contribution in [0, 0.1) is 3.57 Å². The summed E-state index contributed by atoms with van der Waals surface area (Å²) in [6, 6.07) is 5.71. The number of aromatic carboxylic acids is 1. The summed E-state index contributed by atoms with van der Waals surface area (Å²) in [4.78, 5) is 10.6. The van der Waals surface area contributed by atoms with Crippen molar-refractivity contribution in [1.82, 2.24) is 15.0 Å². The highest BCUT2D eigenvalue weighted by Crippen LogP contribution is 2.23. The van der Waals surface area contributed by atoms with Crippen LogP contribution in [0.4, 0.5) is 5.69 Å². The van der Waals surface area contributed by atoms with E-state index in [-0.39, 0.29) is 5.69 Å². The van der Waals surface area contributed by atoms with Gasteiger partial charge in [0.05, 0.1) is 23.5 Å². The summed E-state index contributed by atoms with van der Waals surface area (Å²) in [5.74, 6) is -1.08. The number of aromatic nitrogens is 3. The average molecular weight is 393 g/mol. The standard InChI is InChI=1S/C11H10ClIN4O2/c12-8-5-7(13)1-2-9(8)14-3-4-17-6-10(11(18)19)15-16-17/h1-2,5-6,14H,3-4H2,(H,18,19). The Kier molecular flexibility index (Phi) is 4.59. The number of hydrogen-bond donors (Lipinski definition) is 2. The first-order valence-corrected chi connectivity index (χ1v) is 6.84. The molecule has 6 nitrogen and oxygen atoms in total. The summed E-state index contributed by atoms with van der Waals surface area (Å²) in [6.45, 7) is 1.07. The molecule has 1 aromatic heterocycles. The molecule has 8 heteroatoms. The predicted molar refractivity (Wildman–Crippen MR) is 79.6 cm³/mol. The van der Waals surface area contributed by atoms with E-state index in [0.717, 1.165) is 9.26 Å². The molecular formula is C11H10ClIN4O2. The topological polar surface area (TPSA) is 80.0 Å². The van der Waals surface area contributed by atoms with Gasteiger partial charge in [0.15, 0.2) is 5.69 Å². The number of hydrogen-bond acceptors (Lipinski definition) is 4. The van der Waals surface area contributed by atoms with Crippen LogP contribution in [0.15, 0.2) is 24.4 Å². The Bertz CT molecular complexity index is 602. The number of rotatable bonds is 5. The van der Waals surface area contributed by atoms with Crippen molar-refractivity contribution in [2.45, 2.75) is 6.54 Å². The molecule has 0 radical (unpaired) electrons. The molecule has 0 spiro atoms. The van der Waals surface area contributed by atoms with Gasteiger partial charge >= 0.3 is 5.97 Å². The van der Waals surface area contributed by atoms with Crippen LogP contribution in [0.3, 0.4) is 0 Å². The Hall–Kier alpha value is -1.35. The van der Waals surface area contributed by atoms with Crippen molar-refractivity contribution in [2.24, 2.45) is 0 Å². The van der Waals surface area contributed by atoms with Gasteiger partial charge in [-0.3, -0.25) is 0 Å². The van der Waals surface area contributed by atoms with E-state index in [2.05, 4.69) is 38.2 Å². The molecule has 0 aliphatic rings. The monoisotopic (exact) mass is 392 g/mol. The molecule has 2 rings (SSSR count). The van der Waals surface area contributed by atoms with Gasteiger partial charge in [-0.25, -0.2) is 9.48 Å². The second-order valence-electron chi connectivity index (χ2n) is 3.72. The van der Waals surface area contributed by atoms with Gasteiger partial charge in [-0.05, 0) is 40.8 Å². The van der Waals surface area contributed by atoms with Crippen LogP contribution in [0.2, 0.25) is 5.02 Å². The fourth-order valence-corrected chi connectivity index (χ4v) is 2.37. The maximum Gasteiger partial charge on any atom is 0.358 e. The third kappa shape index (κ3) is 3.80. The van der Waals surface area contributed by atoms with Gasteiger partial charge in [-0.2, -0.15) is 0 Å². The Morgan fingerprint density at radius 3 is 2.95 bits per heavy atom. The number of nitrogens with zero attached hydrogens (tertiary/aromatic N) is 3. The highest BCUT2D eigenvalue weighted by molar-refractivity contribution is 14.1. The zero-order chi connectivity index (χ0) is 13.8. The molecule has 0 aliphatic carbocycles. The molecule has 0 atom stereocenters. The molecule has 2 aromatic rings. The van der Waals surface area contributed by atoms with E-state index in [9.17, 15) is 4.79 Å². The van der Waals surface area contributed by atoms with Crippen molar-refractivity contribution in [2.75, 3.05) is 11.9 Å². The molecular weight excluding hydrogens is 383 g/mol. The summed E-state index contributed by atoms with van der Waals surface area (Å²) in [5.41, 5.74) is 0.771. The summed E-state index contributed by atoms with van der Waals surface area (Å²) < 4.78 is 2.53. The van der Waals surface area contributed by atoms with Crippen molar-refractivity contribution in [3.63, 3.8) is 0 Å². The number of carbonyl (C=O) groups is 1. The summed E-state index contributed by atoms with van der Waals surface area (Å²) >= 11 is 8.26.